The van der Waals surface area contributed by atoms with Crippen molar-refractivity contribution in [3.63, 3.8) is 0 Å². The molecular formula is C19H26O5. The average Bonchev–Trinajstić information content (AvgIpc) is 3.30. The zero-order valence-corrected chi connectivity index (χ0v) is 15.1. The Kier molecular flexibility index (Phi) is 5.62. The molecule has 0 N–H and O–H groups in total. The Morgan fingerprint density at radius 3 is 1.79 bits per heavy atom. The number of carbonyl (C=O) groups excluding carboxylic acids is 3. The maximum Gasteiger partial charge on any atom is 0.236 e. The molecule has 132 valence electrons. The number of ketones is 3. The first-order chi connectivity index (χ1) is 11.3. The molecule has 24 heavy (non-hydrogen) atoms. The summed E-state index contributed by atoms with van der Waals surface area (Å²) in [5.41, 5.74) is 0.308. The Morgan fingerprint density at radius 1 is 1.00 bits per heavy atom. The summed E-state index contributed by atoms with van der Waals surface area (Å²) in [5.74, 6) is -1.25. The van der Waals surface area contributed by atoms with Gasteiger partial charge in [-0.1, -0.05) is 13.3 Å². The van der Waals surface area contributed by atoms with Crippen molar-refractivity contribution in [1.82, 2.24) is 0 Å². The largest absolute Gasteiger partial charge is 0.483 e. The third-order valence-corrected chi connectivity index (χ3v) is 3.83. The minimum absolute atomic E-state index is 0.0378. The van der Waals surface area contributed by atoms with Crippen LogP contribution in [-0.2, 0) is 23.9 Å². The van der Waals surface area contributed by atoms with Crippen LogP contribution in [-0.4, -0.2) is 29.6 Å². The van der Waals surface area contributed by atoms with E-state index in [4.69, 9.17) is 9.47 Å². The van der Waals surface area contributed by atoms with Gasteiger partial charge < -0.3 is 9.47 Å². The highest BCUT2D eigenvalue weighted by molar-refractivity contribution is 6.39. The second kappa shape index (κ2) is 7.32. The maximum absolute atomic E-state index is 12.8. The Balaban J connectivity index is 2.48. The summed E-state index contributed by atoms with van der Waals surface area (Å²) in [6.07, 6.45) is 2.25. The highest BCUT2D eigenvalue weighted by atomic mass is 16.5. The van der Waals surface area contributed by atoms with Gasteiger partial charge >= 0.3 is 0 Å². The lowest BCUT2D eigenvalue weighted by atomic mass is 9.94. The number of hydrogen-bond donors (Lipinski definition) is 0. The van der Waals surface area contributed by atoms with Gasteiger partial charge in [-0.25, -0.2) is 0 Å². The van der Waals surface area contributed by atoms with Crippen molar-refractivity contribution in [2.24, 2.45) is 5.92 Å². The first-order valence-corrected chi connectivity index (χ1v) is 8.72. The first-order valence-electron chi connectivity index (χ1n) is 8.72. The molecule has 5 nitrogen and oxygen atoms in total. The van der Waals surface area contributed by atoms with E-state index in [1.807, 2.05) is 6.92 Å². The maximum atomic E-state index is 12.8. The molecule has 2 aliphatic rings. The smallest absolute Gasteiger partial charge is 0.236 e. The van der Waals surface area contributed by atoms with Crippen molar-refractivity contribution in [2.45, 2.75) is 72.5 Å². The van der Waals surface area contributed by atoms with Gasteiger partial charge in [-0.15, -0.1) is 0 Å². The second-order valence-electron chi connectivity index (χ2n) is 6.89. The molecule has 0 aliphatic heterocycles. The number of allylic oxidation sites excluding steroid dienone is 3. The molecule has 0 atom stereocenters. The van der Waals surface area contributed by atoms with E-state index in [-0.39, 0.29) is 41.0 Å². The van der Waals surface area contributed by atoms with E-state index in [1.54, 1.807) is 27.7 Å². The van der Waals surface area contributed by atoms with Gasteiger partial charge in [0.05, 0.1) is 17.8 Å². The van der Waals surface area contributed by atoms with Gasteiger partial charge in [0.1, 0.15) is 0 Å². The van der Waals surface area contributed by atoms with Gasteiger partial charge in [0.2, 0.25) is 23.1 Å². The molecule has 1 fully saturated rings. The fourth-order valence-corrected chi connectivity index (χ4v) is 2.71. The van der Waals surface area contributed by atoms with E-state index in [0.29, 0.717) is 18.4 Å². The van der Waals surface area contributed by atoms with Crippen molar-refractivity contribution in [3.05, 3.63) is 22.7 Å². The Morgan fingerprint density at radius 2 is 1.46 bits per heavy atom. The van der Waals surface area contributed by atoms with Crippen LogP contribution in [0.1, 0.15) is 60.3 Å². The molecule has 2 aliphatic carbocycles. The standard InChI is InChI=1S/C19H26O5/c1-6-7-13(15(20)12-8-9-12)14-16(21)18(23-10(2)3)19(17(14)22)24-11(4)5/h10-12H,6-9H2,1-5H3. The summed E-state index contributed by atoms with van der Waals surface area (Å²) in [6.45, 7) is 9.04. The highest BCUT2D eigenvalue weighted by Crippen LogP contribution is 2.37. The molecule has 0 aromatic carbocycles. The monoisotopic (exact) mass is 334 g/mol. The van der Waals surface area contributed by atoms with Crippen molar-refractivity contribution in [3.8, 4) is 0 Å². The van der Waals surface area contributed by atoms with Crippen LogP contribution in [0.25, 0.3) is 0 Å². The summed E-state index contributed by atoms with van der Waals surface area (Å²) in [7, 11) is 0. The Labute approximate surface area is 143 Å². The number of rotatable bonds is 8. The number of Topliss-reactive ketones (excluding diaryl/α,β-unsaturated/α-hetero) is 3. The van der Waals surface area contributed by atoms with Crippen LogP contribution in [0.2, 0.25) is 0 Å². The third-order valence-electron chi connectivity index (χ3n) is 3.83. The summed E-state index contributed by atoms with van der Waals surface area (Å²) >= 11 is 0. The molecule has 0 radical (unpaired) electrons. The molecule has 0 spiro atoms. The zero-order chi connectivity index (χ0) is 18.0. The summed E-state index contributed by atoms with van der Waals surface area (Å²) < 4.78 is 11.1. The van der Waals surface area contributed by atoms with Crippen LogP contribution in [0.4, 0.5) is 0 Å². The predicted octanol–water partition coefficient (Wildman–Crippen LogP) is 3.28. The van der Waals surface area contributed by atoms with E-state index in [2.05, 4.69) is 0 Å². The molecule has 1 saturated carbocycles. The Hall–Kier alpha value is -1.91. The third kappa shape index (κ3) is 3.77. The molecule has 0 aromatic heterocycles. The minimum atomic E-state index is -0.512. The lowest BCUT2D eigenvalue weighted by Crippen LogP contribution is -2.17. The second-order valence-corrected chi connectivity index (χ2v) is 6.89. The van der Waals surface area contributed by atoms with Crippen molar-refractivity contribution >= 4 is 17.3 Å². The first kappa shape index (κ1) is 18.4. The van der Waals surface area contributed by atoms with Crippen LogP contribution in [0.5, 0.6) is 0 Å². The molecule has 0 heterocycles. The molecule has 0 unspecified atom stereocenters. The number of ether oxygens (including phenoxy) is 2. The van der Waals surface area contributed by atoms with Gasteiger partial charge in [-0.3, -0.25) is 14.4 Å². The number of hydrogen-bond acceptors (Lipinski definition) is 5. The quantitative estimate of drug-likeness (QED) is 0.503. The fraction of sp³-hybridized carbons (Fsp3) is 0.632. The molecule has 5 heteroatoms. The molecular weight excluding hydrogens is 308 g/mol. The molecule has 2 rings (SSSR count). The molecule has 0 amide bonds. The number of carbonyl (C=O) groups is 3. The Bertz CT molecular complexity index is 584. The van der Waals surface area contributed by atoms with E-state index in [0.717, 1.165) is 12.8 Å². The van der Waals surface area contributed by atoms with Crippen molar-refractivity contribution in [2.75, 3.05) is 0 Å². The van der Waals surface area contributed by atoms with E-state index < -0.39 is 11.6 Å². The lowest BCUT2D eigenvalue weighted by molar-refractivity contribution is -0.121. The summed E-state index contributed by atoms with van der Waals surface area (Å²) in [5, 5.41) is 0. The van der Waals surface area contributed by atoms with Crippen LogP contribution in [0.15, 0.2) is 22.7 Å². The zero-order valence-electron chi connectivity index (χ0n) is 15.1. The predicted molar refractivity (Wildman–Crippen MR) is 89.1 cm³/mol. The molecule has 0 bridgehead atoms. The normalized spacial score (nSPS) is 18.0. The summed E-state index contributed by atoms with van der Waals surface area (Å²) in [4.78, 5) is 38.2. The topological polar surface area (TPSA) is 69.7 Å². The van der Waals surface area contributed by atoms with Crippen molar-refractivity contribution in [1.29, 1.82) is 0 Å². The van der Waals surface area contributed by atoms with Gasteiger partial charge in [-0.2, -0.15) is 0 Å². The molecule has 0 aromatic rings. The highest BCUT2D eigenvalue weighted by Gasteiger charge is 2.44. The fourth-order valence-electron chi connectivity index (χ4n) is 2.71. The van der Waals surface area contributed by atoms with E-state index >= 15 is 0 Å². The van der Waals surface area contributed by atoms with Crippen LogP contribution in [0.3, 0.4) is 0 Å². The van der Waals surface area contributed by atoms with Gasteiger partial charge in [-0.05, 0) is 47.0 Å². The minimum Gasteiger partial charge on any atom is -0.483 e. The lowest BCUT2D eigenvalue weighted by Gasteiger charge is -2.13. The van der Waals surface area contributed by atoms with Crippen LogP contribution >= 0.6 is 0 Å². The molecule has 0 saturated heterocycles. The van der Waals surface area contributed by atoms with Crippen LogP contribution in [0, 0.1) is 5.92 Å². The van der Waals surface area contributed by atoms with Gasteiger partial charge in [0.15, 0.2) is 5.78 Å². The van der Waals surface area contributed by atoms with Gasteiger partial charge in [0, 0.05) is 11.5 Å². The average molecular weight is 334 g/mol. The van der Waals surface area contributed by atoms with E-state index in [9.17, 15) is 14.4 Å². The van der Waals surface area contributed by atoms with Crippen LogP contribution < -0.4 is 0 Å². The van der Waals surface area contributed by atoms with E-state index in [1.165, 1.54) is 0 Å². The summed E-state index contributed by atoms with van der Waals surface area (Å²) in [6, 6.07) is 0. The van der Waals surface area contributed by atoms with Crippen molar-refractivity contribution < 1.29 is 23.9 Å². The SMILES string of the molecule is CCCC(C(=O)C1CC1)=C1C(=O)C(OC(C)C)=C(OC(C)C)C1=O. The van der Waals surface area contributed by atoms with Gasteiger partial charge in [0.25, 0.3) is 0 Å².